The fourth-order valence-corrected chi connectivity index (χ4v) is 1.99. The topological polar surface area (TPSA) is 44.3 Å². The van der Waals surface area contributed by atoms with E-state index in [0.29, 0.717) is 12.0 Å². The van der Waals surface area contributed by atoms with E-state index in [0.717, 1.165) is 45.3 Å². The van der Waals surface area contributed by atoms with Crippen molar-refractivity contribution < 1.29 is 5.11 Å². The lowest BCUT2D eigenvalue weighted by Gasteiger charge is -2.22. The molecule has 0 amide bonds. The van der Waals surface area contributed by atoms with Crippen LogP contribution >= 0.6 is 0 Å². The van der Waals surface area contributed by atoms with Crippen LogP contribution in [-0.2, 0) is 0 Å². The Morgan fingerprint density at radius 3 is 2.24 bits per heavy atom. The zero-order valence-electron chi connectivity index (χ0n) is 12.1. The van der Waals surface area contributed by atoms with Crippen LogP contribution in [0.4, 0.5) is 0 Å². The van der Waals surface area contributed by atoms with E-state index in [2.05, 4.69) is 38.3 Å². The van der Waals surface area contributed by atoms with Crippen LogP contribution in [0.1, 0.15) is 53.4 Å². The minimum Gasteiger partial charge on any atom is -0.393 e. The van der Waals surface area contributed by atoms with Gasteiger partial charge in [-0.15, -0.1) is 0 Å². The first-order chi connectivity index (χ1) is 8.13. The number of likely N-dealkylation sites (N-methyl/N-ethyl adjacent to an activating group) is 1. The highest BCUT2D eigenvalue weighted by molar-refractivity contribution is 4.72. The van der Waals surface area contributed by atoms with E-state index in [9.17, 15) is 5.11 Å². The fraction of sp³-hybridized carbons (Fsp3) is 1.00. The summed E-state index contributed by atoms with van der Waals surface area (Å²) in [5.41, 5.74) is 0. The summed E-state index contributed by atoms with van der Waals surface area (Å²) in [6.45, 7) is 11.7. The number of aliphatic hydroxyl groups is 1. The Kier molecular flexibility index (Phi) is 10.9. The van der Waals surface area contributed by atoms with Crippen LogP contribution in [0.5, 0.6) is 0 Å². The van der Waals surface area contributed by atoms with E-state index in [1.54, 1.807) is 0 Å². The van der Waals surface area contributed by atoms with E-state index in [4.69, 9.17) is 0 Å². The van der Waals surface area contributed by atoms with Gasteiger partial charge in [0, 0.05) is 19.1 Å². The Balaban J connectivity index is 3.71. The molecule has 3 unspecified atom stereocenters. The molecule has 0 radical (unpaired) electrons. The van der Waals surface area contributed by atoms with Crippen molar-refractivity contribution in [2.75, 3.05) is 19.6 Å². The van der Waals surface area contributed by atoms with Crippen molar-refractivity contribution in [2.24, 2.45) is 5.92 Å². The molecule has 3 heteroatoms. The molecule has 0 spiro atoms. The largest absolute Gasteiger partial charge is 0.393 e. The van der Waals surface area contributed by atoms with Crippen molar-refractivity contribution in [1.82, 2.24) is 10.6 Å². The van der Waals surface area contributed by atoms with Gasteiger partial charge < -0.3 is 15.7 Å². The molecule has 0 heterocycles. The molecule has 0 aromatic carbocycles. The second-order valence-corrected chi connectivity index (χ2v) is 5.05. The number of aliphatic hydroxyl groups excluding tert-OH is 1. The smallest absolute Gasteiger partial charge is 0.0557 e. The van der Waals surface area contributed by atoms with Crippen LogP contribution in [-0.4, -0.2) is 36.9 Å². The van der Waals surface area contributed by atoms with Gasteiger partial charge in [0.25, 0.3) is 0 Å². The number of rotatable bonds is 11. The Hall–Kier alpha value is -0.120. The lowest BCUT2D eigenvalue weighted by molar-refractivity contribution is 0.121. The summed E-state index contributed by atoms with van der Waals surface area (Å²) in [6, 6.07) is 0.452. The van der Waals surface area contributed by atoms with Crippen molar-refractivity contribution in [2.45, 2.75) is 65.5 Å². The first kappa shape index (κ1) is 16.9. The Morgan fingerprint density at radius 1 is 1.00 bits per heavy atom. The maximum atomic E-state index is 10.00. The van der Waals surface area contributed by atoms with Gasteiger partial charge in [-0.3, -0.25) is 0 Å². The fourth-order valence-electron chi connectivity index (χ4n) is 1.99. The number of hydrogen-bond acceptors (Lipinski definition) is 3. The third-order valence-corrected chi connectivity index (χ3v) is 3.41. The Bertz CT molecular complexity index is 164. The lowest BCUT2D eigenvalue weighted by atomic mass is 9.96. The van der Waals surface area contributed by atoms with Crippen molar-refractivity contribution in [3.8, 4) is 0 Å². The molecule has 0 aliphatic carbocycles. The molecular weight excluding hydrogens is 212 g/mol. The zero-order valence-corrected chi connectivity index (χ0v) is 12.1. The number of nitrogens with one attached hydrogen (secondary N) is 2. The molecule has 0 aliphatic rings. The molecule has 0 aromatic rings. The summed E-state index contributed by atoms with van der Waals surface area (Å²) in [7, 11) is 0. The third kappa shape index (κ3) is 9.57. The standard InChI is InChI=1S/C14H32N2O/c1-5-12(4)10-14(17)11-13(6-2)16-9-8-15-7-3/h12-17H,5-11H2,1-4H3. The second-order valence-electron chi connectivity index (χ2n) is 5.05. The molecule has 0 saturated heterocycles. The van der Waals surface area contributed by atoms with E-state index in [-0.39, 0.29) is 6.10 Å². The first-order valence-electron chi connectivity index (χ1n) is 7.26. The summed E-state index contributed by atoms with van der Waals surface area (Å²) in [5, 5.41) is 16.8. The van der Waals surface area contributed by atoms with Gasteiger partial charge in [-0.05, 0) is 31.7 Å². The van der Waals surface area contributed by atoms with Gasteiger partial charge in [-0.25, -0.2) is 0 Å². The van der Waals surface area contributed by atoms with Gasteiger partial charge in [-0.1, -0.05) is 34.1 Å². The van der Waals surface area contributed by atoms with Gasteiger partial charge in [0.2, 0.25) is 0 Å². The molecule has 17 heavy (non-hydrogen) atoms. The normalized spacial score (nSPS) is 16.8. The molecule has 104 valence electrons. The van der Waals surface area contributed by atoms with Crippen molar-refractivity contribution >= 4 is 0 Å². The SMILES string of the molecule is CCNCCNC(CC)CC(O)CC(C)CC. The van der Waals surface area contributed by atoms with Crippen LogP contribution in [0.2, 0.25) is 0 Å². The summed E-state index contributed by atoms with van der Waals surface area (Å²) in [6.07, 6.45) is 3.90. The minimum absolute atomic E-state index is 0.151. The Labute approximate surface area is 107 Å². The molecule has 3 nitrogen and oxygen atoms in total. The van der Waals surface area contributed by atoms with E-state index in [1.807, 2.05) is 0 Å². The molecular formula is C14H32N2O. The maximum absolute atomic E-state index is 10.00. The predicted molar refractivity (Wildman–Crippen MR) is 75.3 cm³/mol. The van der Waals surface area contributed by atoms with Gasteiger partial charge in [0.15, 0.2) is 0 Å². The summed E-state index contributed by atoms with van der Waals surface area (Å²) in [5.74, 6) is 0.629. The highest BCUT2D eigenvalue weighted by Crippen LogP contribution is 2.14. The monoisotopic (exact) mass is 244 g/mol. The van der Waals surface area contributed by atoms with Crippen LogP contribution in [0, 0.1) is 5.92 Å². The second kappa shape index (κ2) is 11.0. The van der Waals surface area contributed by atoms with Gasteiger partial charge in [0.1, 0.15) is 0 Å². The van der Waals surface area contributed by atoms with E-state index in [1.165, 1.54) is 0 Å². The van der Waals surface area contributed by atoms with Crippen molar-refractivity contribution in [3.05, 3.63) is 0 Å². The van der Waals surface area contributed by atoms with Crippen LogP contribution < -0.4 is 10.6 Å². The molecule has 0 aromatic heterocycles. The quantitative estimate of drug-likeness (QED) is 0.488. The van der Waals surface area contributed by atoms with E-state index >= 15 is 0 Å². The highest BCUT2D eigenvalue weighted by Gasteiger charge is 2.14. The van der Waals surface area contributed by atoms with Crippen LogP contribution in [0.15, 0.2) is 0 Å². The third-order valence-electron chi connectivity index (χ3n) is 3.41. The number of hydrogen-bond donors (Lipinski definition) is 3. The summed E-state index contributed by atoms with van der Waals surface area (Å²) in [4.78, 5) is 0. The first-order valence-corrected chi connectivity index (χ1v) is 7.26. The van der Waals surface area contributed by atoms with Crippen LogP contribution in [0.3, 0.4) is 0 Å². The van der Waals surface area contributed by atoms with Gasteiger partial charge >= 0.3 is 0 Å². The van der Waals surface area contributed by atoms with Gasteiger partial charge in [0.05, 0.1) is 6.10 Å². The van der Waals surface area contributed by atoms with Crippen LogP contribution in [0.25, 0.3) is 0 Å². The predicted octanol–water partition coefficient (Wildman–Crippen LogP) is 2.15. The molecule has 0 saturated carbocycles. The average Bonchev–Trinajstić information content (AvgIpc) is 2.32. The Morgan fingerprint density at radius 2 is 1.71 bits per heavy atom. The van der Waals surface area contributed by atoms with E-state index < -0.39 is 0 Å². The summed E-state index contributed by atoms with van der Waals surface area (Å²) < 4.78 is 0. The summed E-state index contributed by atoms with van der Waals surface area (Å²) >= 11 is 0. The zero-order chi connectivity index (χ0) is 13.1. The maximum Gasteiger partial charge on any atom is 0.0557 e. The molecule has 0 bridgehead atoms. The lowest BCUT2D eigenvalue weighted by Crippen LogP contribution is -2.37. The molecule has 3 atom stereocenters. The average molecular weight is 244 g/mol. The molecule has 3 N–H and O–H groups in total. The highest BCUT2D eigenvalue weighted by atomic mass is 16.3. The van der Waals surface area contributed by atoms with Gasteiger partial charge in [-0.2, -0.15) is 0 Å². The minimum atomic E-state index is -0.151. The molecule has 0 aliphatic heterocycles. The van der Waals surface area contributed by atoms with Crippen molar-refractivity contribution in [3.63, 3.8) is 0 Å². The molecule has 0 rings (SSSR count). The molecule has 0 fully saturated rings. The van der Waals surface area contributed by atoms with Crippen molar-refractivity contribution in [1.29, 1.82) is 0 Å².